The fourth-order valence-electron chi connectivity index (χ4n) is 3.02. The second-order valence-corrected chi connectivity index (χ2v) is 5.06. The molecule has 4 N–H and O–H groups in total. The van der Waals surface area contributed by atoms with E-state index >= 15 is 0 Å². The van der Waals surface area contributed by atoms with Gasteiger partial charge in [0.15, 0.2) is 11.5 Å². The molecule has 2 atom stereocenters. The van der Waals surface area contributed by atoms with Gasteiger partial charge >= 0.3 is 0 Å². The molecule has 0 saturated carbocycles. The van der Waals surface area contributed by atoms with Crippen molar-refractivity contribution in [3.8, 4) is 0 Å². The third-order valence-electron chi connectivity index (χ3n) is 3.97. The van der Waals surface area contributed by atoms with Gasteiger partial charge in [-0.15, -0.1) is 10.2 Å². The van der Waals surface area contributed by atoms with Crippen molar-refractivity contribution >= 4 is 11.7 Å². The first-order valence-electron chi connectivity index (χ1n) is 6.63. The van der Waals surface area contributed by atoms with Gasteiger partial charge in [0.25, 0.3) is 5.91 Å². The van der Waals surface area contributed by atoms with Gasteiger partial charge in [-0.05, 0) is 37.9 Å². The van der Waals surface area contributed by atoms with Crippen LogP contribution in [-0.4, -0.2) is 46.2 Å². The summed E-state index contributed by atoms with van der Waals surface area (Å²) in [5.41, 5.74) is 2.71. The lowest BCUT2D eigenvalue weighted by atomic mass is 10.1. The van der Waals surface area contributed by atoms with Crippen molar-refractivity contribution in [2.45, 2.75) is 31.3 Å². The molecule has 0 aromatic carbocycles. The van der Waals surface area contributed by atoms with Crippen molar-refractivity contribution in [2.24, 2.45) is 5.84 Å². The van der Waals surface area contributed by atoms with E-state index < -0.39 is 0 Å². The minimum absolute atomic E-state index is 0.158. The van der Waals surface area contributed by atoms with Crippen LogP contribution in [0.2, 0.25) is 0 Å². The standard InChI is InChI=1S/C12H18N6O/c13-15-11-4-3-9(16-17-11)12(19)14-8-5-7-18-6-1-2-10(8)18/h3-4,8,10H,1-2,5-7,13H2,(H,14,19)(H,15,17). The summed E-state index contributed by atoms with van der Waals surface area (Å²) in [7, 11) is 0. The zero-order valence-corrected chi connectivity index (χ0v) is 10.7. The molecule has 2 aliphatic heterocycles. The maximum Gasteiger partial charge on any atom is 0.272 e. The summed E-state index contributed by atoms with van der Waals surface area (Å²) in [4.78, 5) is 14.6. The Morgan fingerprint density at radius 2 is 2.21 bits per heavy atom. The molecule has 7 heteroatoms. The first-order chi connectivity index (χ1) is 9.28. The van der Waals surface area contributed by atoms with E-state index in [1.54, 1.807) is 12.1 Å². The number of aromatic nitrogens is 2. The van der Waals surface area contributed by atoms with E-state index in [4.69, 9.17) is 5.84 Å². The van der Waals surface area contributed by atoms with Crippen molar-refractivity contribution < 1.29 is 4.79 Å². The van der Waals surface area contributed by atoms with Gasteiger partial charge in [0.2, 0.25) is 0 Å². The second kappa shape index (κ2) is 5.10. The summed E-state index contributed by atoms with van der Waals surface area (Å²) in [6, 6.07) is 4.00. The lowest BCUT2D eigenvalue weighted by Crippen LogP contribution is -2.42. The lowest BCUT2D eigenvalue weighted by molar-refractivity contribution is 0.0923. The smallest absolute Gasteiger partial charge is 0.272 e. The molecule has 0 radical (unpaired) electrons. The van der Waals surface area contributed by atoms with Gasteiger partial charge in [-0.1, -0.05) is 0 Å². The molecule has 2 unspecified atom stereocenters. The highest BCUT2D eigenvalue weighted by Crippen LogP contribution is 2.27. The zero-order valence-electron chi connectivity index (χ0n) is 10.7. The van der Waals surface area contributed by atoms with Crippen molar-refractivity contribution in [3.63, 3.8) is 0 Å². The maximum absolute atomic E-state index is 12.1. The first-order valence-corrected chi connectivity index (χ1v) is 6.63. The minimum atomic E-state index is -0.158. The van der Waals surface area contributed by atoms with Crippen molar-refractivity contribution in [1.82, 2.24) is 20.4 Å². The summed E-state index contributed by atoms with van der Waals surface area (Å²) in [5.74, 6) is 5.49. The summed E-state index contributed by atoms with van der Waals surface area (Å²) in [5, 5.41) is 10.7. The molecule has 0 bridgehead atoms. The Kier molecular flexibility index (Phi) is 3.31. The fourth-order valence-corrected chi connectivity index (χ4v) is 3.02. The Morgan fingerprint density at radius 3 is 2.95 bits per heavy atom. The highest BCUT2D eigenvalue weighted by molar-refractivity contribution is 5.92. The number of anilines is 1. The molecule has 2 fully saturated rings. The van der Waals surface area contributed by atoms with Gasteiger partial charge in [-0.3, -0.25) is 9.69 Å². The van der Waals surface area contributed by atoms with E-state index in [0.29, 0.717) is 17.6 Å². The summed E-state index contributed by atoms with van der Waals surface area (Å²) >= 11 is 0. The predicted octanol–water partition coefficient (Wildman–Crippen LogP) is -0.271. The topological polar surface area (TPSA) is 96.2 Å². The van der Waals surface area contributed by atoms with Gasteiger partial charge in [0.05, 0.1) is 0 Å². The maximum atomic E-state index is 12.1. The molecule has 0 aliphatic carbocycles. The van der Waals surface area contributed by atoms with E-state index in [9.17, 15) is 4.79 Å². The van der Waals surface area contributed by atoms with Crippen molar-refractivity contribution in [2.75, 3.05) is 18.5 Å². The predicted molar refractivity (Wildman–Crippen MR) is 70.3 cm³/mol. The Hall–Kier alpha value is -1.73. The molecule has 1 aromatic heterocycles. The van der Waals surface area contributed by atoms with Crippen LogP contribution in [0.1, 0.15) is 29.8 Å². The van der Waals surface area contributed by atoms with E-state index in [1.165, 1.54) is 12.8 Å². The van der Waals surface area contributed by atoms with Crippen LogP contribution in [-0.2, 0) is 0 Å². The Bertz CT molecular complexity index is 462. The van der Waals surface area contributed by atoms with Crippen LogP contribution < -0.4 is 16.6 Å². The van der Waals surface area contributed by atoms with Gasteiger partial charge in [-0.25, -0.2) is 5.84 Å². The van der Waals surface area contributed by atoms with Crippen LogP contribution >= 0.6 is 0 Å². The van der Waals surface area contributed by atoms with Crippen LogP contribution in [0.15, 0.2) is 12.1 Å². The summed E-state index contributed by atoms with van der Waals surface area (Å²) < 4.78 is 0. The highest BCUT2D eigenvalue weighted by atomic mass is 16.2. The summed E-state index contributed by atoms with van der Waals surface area (Å²) in [6.07, 6.45) is 3.42. The highest BCUT2D eigenvalue weighted by Gasteiger charge is 2.37. The van der Waals surface area contributed by atoms with Crippen LogP contribution in [0.3, 0.4) is 0 Å². The molecule has 3 rings (SSSR count). The fraction of sp³-hybridized carbons (Fsp3) is 0.583. The van der Waals surface area contributed by atoms with Crippen LogP contribution in [0.4, 0.5) is 5.82 Å². The Balaban J connectivity index is 1.64. The molecule has 0 spiro atoms. The molecule has 1 amide bonds. The van der Waals surface area contributed by atoms with Crippen molar-refractivity contribution in [3.05, 3.63) is 17.8 Å². The molecule has 19 heavy (non-hydrogen) atoms. The van der Waals surface area contributed by atoms with E-state index in [2.05, 4.69) is 25.8 Å². The monoisotopic (exact) mass is 262 g/mol. The number of nitrogens with zero attached hydrogens (tertiary/aromatic N) is 3. The van der Waals surface area contributed by atoms with Gasteiger partial charge in [0.1, 0.15) is 0 Å². The molecule has 1 aromatic rings. The van der Waals surface area contributed by atoms with Crippen LogP contribution in [0.5, 0.6) is 0 Å². The SMILES string of the molecule is NNc1ccc(C(=O)NC2CCN3CCCC23)nn1. The number of nitrogens with one attached hydrogen (secondary N) is 2. The third kappa shape index (κ3) is 2.39. The van der Waals surface area contributed by atoms with E-state index in [0.717, 1.165) is 19.5 Å². The van der Waals surface area contributed by atoms with E-state index in [-0.39, 0.29) is 11.9 Å². The van der Waals surface area contributed by atoms with Crippen molar-refractivity contribution in [1.29, 1.82) is 0 Å². The van der Waals surface area contributed by atoms with Gasteiger partial charge < -0.3 is 10.7 Å². The van der Waals surface area contributed by atoms with Gasteiger partial charge in [-0.2, -0.15) is 0 Å². The number of hydrazine groups is 1. The number of nitrogens with two attached hydrogens (primary N) is 1. The van der Waals surface area contributed by atoms with Crippen LogP contribution in [0, 0.1) is 0 Å². The number of carbonyl (C=O) groups excluding carboxylic acids is 1. The number of nitrogen functional groups attached to an aromatic ring is 1. The van der Waals surface area contributed by atoms with Crippen LogP contribution in [0.25, 0.3) is 0 Å². The Labute approximate surface area is 111 Å². The number of carbonyl (C=O) groups is 1. The minimum Gasteiger partial charge on any atom is -0.346 e. The Morgan fingerprint density at radius 1 is 1.32 bits per heavy atom. The average Bonchev–Trinajstić information content (AvgIpc) is 3.04. The van der Waals surface area contributed by atoms with E-state index in [1.807, 2.05) is 0 Å². The normalized spacial score (nSPS) is 26.2. The average molecular weight is 262 g/mol. The number of hydrogen-bond donors (Lipinski definition) is 3. The van der Waals surface area contributed by atoms with Gasteiger partial charge in [0, 0.05) is 18.6 Å². The second-order valence-electron chi connectivity index (χ2n) is 5.06. The molecular weight excluding hydrogens is 244 g/mol. The number of fused-ring (bicyclic) bond motifs is 1. The first kappa shape index (κ1) is 12.3. The number of hydrogen-bond acceptors (Lipinski definition) is 6. The summed E-state index contributed by atoms with van der Waals surface area (Å²) in [6.45, 7) is 2.24. The number of rotatable bonds is 3. The molecule has 7 nitrogen and oxygen atoms in total. The number of amides is 1. The molecule has 2 aliphatic rings. The molecule has 3 heterocycles. The zero-order chi connectivity index (χ0) is 13.2. The third-order valence-corrected chi connectivity index (χ3v) is 3.97. The molecule has 2 saturated heterocycles. The quantitative estimate of drug-likeness (QED) is 0.512. The molecule has 102 valence electrons. The lowest BCUT2D eigenvalue weighted by Gasteiger charge is -2.20. The molecular formula is C12H18N6O. The largest absolute Gasteiger partial charge is 0.346 e.